The number of carboxylic acid groups (broad SMARTS) is 1. The van der Waals surface area contributed by atoms with Gasteiger partial charge in [-0.05, 0) is 48.7 Å². The van der Waals surface area contributed by atoms with Gasteiger partial charge in [0.2, 0.25) is 5.88 Å². The second kappa shape index (κ2) is 12.2. The predicted molar refractivity (Wildman–Crippen MR) is 170 cm³/mol. The van der Waals surface area contributed by atoms with Gasteiger partial charge in [0.1, 0.15) is 17.2 Å². The number of carbonyl (C=O) groups is 2. The third-order valence-electron chi connectivity index (χ3n) is 8.67. The van der Waals surface area contributed by atoms with E-state index < -0.39 is 46.2 Å². The molecule has 0 saturated carbocycles. The van der Waals surface area contributed by atoms with Gasteiger partial charge in [0.25, 0.3) is 11.5 Å². The van der Waals surface area contributed by atoms with Crippen molar-refractivity contribution in [3.8, 4) is 28.3 Å². The molecule has 3 heterocycles. The van der Waals surface area contributed by atoms with E-state index in [9.17, 15) is 24.3 Å². The fourth-order valence-electron chi connectivity index (χ4n) is 6.18. The number of benzene rings is 2. The molecule has 1 fully saturated rings. The number of aryl methyl sites for hydroxylation is 2. The molecule has 11 nitrogen and oxygen atoms in total. The molecule has 1 aliphatic carbocycles. The summed E-state index contributed by atoms with van der Waals surface area (Å²) >= 11 is 13.4. The number of carboxylic acids is 1. The van der Waals surface area contributed by atoms with Gasteiger partial charge in [-0.1, -0.05) is 23.2 Å². The number of amides is 1. The number of aliphatic carboxylic acids is 1. The molecule has 2 aliphatic rings. The fourth-order valence-corrected chi connectivity index (χ4v) is 6.81. The molecule has 15 heteroatoms. The summed E-state index contributed by atoms with van der Waals surface area (Å²) < 4.78 is 38.4. The van der Waals surface area contributed by atoms with Crippen LogP contribution in [0, 0.1) is 17.6 Å². The summed E-state index contributed by atoms with van der Waals surface area (Å²) in [5, 5.41) is 11.2. The van der Waals surface area contributed by atoms with E-state index in [2.05, 4.69) is 15.2 Å². The summed E-state index contributed by atoms with van der Waals surface area (Å²) in [5.41, 5.74) is -0.446. The Balaban J connectivity index is 1.38. The van der Waals surface area contributed by atoms with Crippen molar-refractivity contribution in [2.24, 2.45) is 20.0 Å². The van der Waals surface area contributed by atoms with Gasteiger partial charge < -0.3 is 19.7 Å². The van der Waals surface area contributed by atoms with Gasteiger partial charge in [0.15, 0.2) is 0 Å². The molecular weight excluding hydrogens is 659 g/mol. The van der Waals surface area contributed by atoms with E-state index in [1.54, 1.807) is 6.07 Å². The number of hydrogen-bond acceptors (Lipinski definition) is 7. The van der Waals surface area contributed by atoms with Crippen molar-refractivity contribution >= 4 is 40.8 Å². The molecule has 1 amide bonds. The number of anilines is 1. The SMILES string of the molecule is COc1nc(-c2ccc(F)c(-c3c(F)ccc(NC(=O)c4cn(C)c(=O)n(C)c4=O)c3Cl)c2Cl)cc2c1[C@@H](N1CC(C(=O)O)C1)CC2. The van der Waals surface area contributed by atoms with E-state index in [-0.39, 0.29) is 38.5 Å². The molecule has 6 rings (SSSR count). The van der Waals surface area contributed by atoms with Crippen LogP contribution in [-0.2, 0) is 25.3 Å². The van der Waals surface area contributed by atoms with Crippen LogP contribution >= 0.6 is 23.2 Å². The van der Waals surface area contributed by atoms with Crippen molar-refractivity contribution < 1.29 is 28.2 Å². The van der Waals surface area contributed by atoms with Crippen LogP contribution in [0.3, 0.4) is 0 Å². The quantitative estimate of drug-likeness (QED) is 0.287. The third-order valence-corrected chi connectivity index (χ3v) is 9.46. The van der Waals surface area contributed by atoms with Gasteiger partial charge in [0, 0.05) is 61.7 Å². The first-order valence-corrected chi connectivity index (χ1v) is 15.2. The van der Waals surface area contributed by atoms with E-state index in [1.165, 1.54) is 27.3 Å². The van der Waals surface area contributed by atoms with Crippen molar-refractivity contribution in [2.45, 2.75) is 18.9 Å². The van der Waals surface area contributed by atoms with E-state index in [1.807, 2.05) is 0 Å². The number of nitrogens with zero attached hydrogens (tertiary/aromatic N) is 4. The largest absolute Gasteiger partial charge is 0.481 e. The van der Waals surface area contributed by atoms with Crippen molar-refractivity contribution in [1.82, 2.24) is 19.0 Å². The van der Waals surface area contributed by atoms with Gasteiger partial charge in [-0.15, -0.1) is 0 Å². The molecule has 1 atom stereocenters. The highest BCUT2D eigenvalue weighted by atomic mass is 35.5. The number of carbonyl (C=O) groups excluding carboxylic acids is 1. The molecule has 2 aromatic carbocycles. The van der Waals surface area contributed by atoms with E-state index in [0.29, 0.717) is 31.1 Å². The molecule has 244 valence electrons. The maximum Gasteiger partial charge on any atom is 0.330 e. The molecule has 2 aromatic heterocycles. The lowest BCUT2D eigenvalue weighted by Gasteiger charge is -2.41. The maximum atomic E-state index is 15.5. The zero-order valence-corrected chi connectivity index (χ0v) is 26.7. The molecule has 1 saturated heterocycles. The first-order valence-electron chi connectivity index (χ1n) is 14.4. The number of rotatable bonds is 7. The average Bonchev–Trinajstić information content (AvgIpc) is 3.43. The second-order valence-electron chi connectivity index (χ2n) is 11.5. The minimum atomic E-state index is -0.930. The van der Waals surface area contributed by atoms with Gasteiger partial charge in [0.05, 0.1) is 34.5 Å². The van der Waals surface area contributed by atoms with Crippen LogP contribution in [0.5, 0.6) is 5.88 Å². The molecule has 2 N–H and O–H groups in total. The first-order chi connectivity index (χ1) is 22.3. The topological polar surface area (TPSA) is 136 Å². The molecule has 1 aliphatic heterocycles. The molecule has 0 bridgehead atoms. The lowest BCUT2D eigenvalue weighted by Crippen LogP contribution is -2.51. The Morgan fingerprint density at radius 3 is 2.36 bits per heavy atom. The monoisotopic (exact) mass is 685 g/mol. The minimum absolute atomic E-state index is 0.0665. The normalized spacial score (nSPS) is 16.1. The summed E-state index contributed by atoms with van der Waals surface area (Å²) in [6.45, 7) is 0.843. The Bertz CT molecular complexity index is 2110. The average molecular weight is 686 g/mol. The summed E-state index contributed by atoms with van der Waals surface area (Å²) in [5.74, 6) is -3.69. The number of nitrogens with one attached hydrogen (secondary N) is 1. The zero-order chi connectivity index (χ0) is 33.9. The molecule has 4 aromatic rings. The number of aromatic nitrogens is 3. The summed E-state index contributed by atoms with van der Waals surface area (Å²) in [7, 11) is 4.05. The lowest BCUT2D eigenvalue weighted by atomic mass is 9.95. The summed E-state index contributed by atoms with van der Waals surface area (Å²) in [4.78, 5) is 55.7. The van der Waals surface area contributed by atoms with E-state index in [4.69, 9.17) is 27.9 Å². The first kappa shape index (κ1) is 32.4. The Labute approximate surface area is 275 Å². The van der Waals surface area contributed by atoms with Crippen LogP contribution in [0.15, 0.2) is 46.1 Å². The number of hydrogen-bond donors (Lipinski definition) is 2. The van der Waals surface area contributed by atoms with Gasteiger partial charge in [-0.25, -0.2) is 18.6 Å². The molecule has 47 heavy (non-hydrogen) atoms. The number of pyridine rings is 1. The Kier molecular flexibility index (Phi) is 8.41. The van der Waals surface area contributed by atoms with Gasteiger partial charge in [-0.2, -0.15) is 0 Å². The van der Waals surface area contributed by atoms with Crippen LogP contribution < -0.4 is 21.3 Å². The van der Waals surface area contributed by atoms with Crippen LogP contribution in [-0.4, -0.2) is 56.2 Å². The Morgan fingerprint density at radius 2 is 1.70 bits per heavy atom. The van der Waals surface area contributed by atoms with Crippen LogP contribution in [0.2, 0.25) is 10.0 Å². The molecule has 0 spiro atoms. The Morgan fingerprint density at radius 1 is 1.04 bits per heavy atom. The highest BCUT2D eigenvalue weighted by Crippen LogP contribution is 2.47. The van der Waals surface area contributed by atoms with Gasteiger partial charge >= 0.3 is 11.7 Å². The lowest BCUT2D eigenvalue weighted by molar-refractivity contribution is -0.148. The van der Waals surface area contributed by atoms with Crippen molar-refractivity contribution in [3.63, 3.8) is 0 Å². The molecule has 0 unspecified atom stereocenters. The molecular formula is C32H27Cl2F2N5O6. The highest BCUT2D eigenvalue weighted by Gasteiger charge is 2.41. The molecule has 0 radical (unpaired) electrons. The maximum absolute atomic E-state index is 15.5. The van der Waals surface area contributed by atoms with Crippen LogP contribution in [0.25, 0.3) is 22.4 Å². The number of fused-ring (bicyclic) bond motifs is 1. The smallest absolute Gasteiger partial charge is 0.330 e. The fraction of sp³-hybridized carbons (Fsp3) is 0.281. The summed E-state index contributed by atoms with van der Waals surface area (Å²) in [6.07, 6.45) is 2.46. The number of methoxy groups -OCH3 is 1. The van der Waals surface area contributed by atoms with Crippen LogP contribution in [0.1, 0.15) is 33.9 Å². The Hall–Kier alpha value is -4.59. The van der Waals surface area contributed by atoms with Crippen LogP contribution in [0.4, 0.5) is 14.5 Å². The minimum Gasteiger partial charge on any atom is -0.481 e. The van der Waals surface area contributed by atoms with E-state index >= 15 is 8.78 Å². The van der Waals surface area contributed by atoms with Crippen molar-refractivity contribution in [1.29, 1.82) is 0 Å². The standard InChI is InChI=1S/C32H27Cl2F2N5O6/c1-39-13-17(30(43)40(2)32(39)46)28(42)37-20-8-7-19(36)25(27(20)34)24-18(35)6-5-16(26(24)33)21-10-14-4-9-22(23(14)29(38-21)47-3)41-11-15(12-41)31(44)45/h5-8,10,13,15,22H,4,9,11-12H2,1-3H3,(H,37,42)(H,44,45)/t22-/m0/s1. The number of ether oxygens (including phenoxy) is 1. The van der Waals surface area contributed by atoms with E-state index in [0.717, 1.165) is 51.1 Å². The predicted octanol–water partition coefficient (Wildman–Crippen LogP) is 4.66. The number of likely N-dealkylation sites (tertiary alicyclic amines) is 1. The number of halogens is 4. The second-order valence-corrected chi connectivity index (χ2v) is 12.2. The van der Waals surface area contributed by atoms with Gasteiger partial charge in [-0.3, -0.25) is 23.9 Å². The third kappa shape index (κ3) is 5.47. The highest BCUT2D eigenvalue weighted by molar-refractivity contribution is 6.39. The van der Waals surface area contributed by atoms with Crippen molar-refractivity contribution in [2.75, 3.05) is 25.5 Å². The van der Waals surface area contributed by atoms with Crippen molar-refractivity contribution in [3.05, 3.63) is 95.7 Å². The zero-order valence-electron chi connectivity index (χ0n) is 25.2. The summed E-state index contributed by atoms with van der Waals surface area (Å²) in [6, 6.07) is 6.37.